The SMILES string of the molecule is CC(C)(C)OC(=O)N[C@@H]1C(=O)N2C(C(=O)OC(c3ccccc3)c3ccccc3)=C(C[n+]3ccc(NC=O)n3CCO)CS[C@H]12.[I-]. The highest BCUT2D eigenvalue weighted by Gasteiger charge is 2.55. The first-order valence-corrected chi connectivity index (χ1v) is 15.5. The Balaban J connectivity index is 0.00000480. The maximum absolute atomic E-state index is 14.2. The van der Waals surface area contributed by atoms with Gasteiger partial charge in [0.05, 0.1) is 12.7 Å². The van der Waals surface area contributed by atoms with Crippen LogP contribution in [0.3, 0.4) is 0 Å². The Bertz CT molecular complexity index is 1550. The molecule has 1 aromatic heterocycles. The molecule has 0 bridgehead atoms. The molecule has 0 unspecified atom stereocenters. The van der Waals surface area contributed by atoms with Crippen molar-refractivity contribution in [3.8, 4) is 0 Å². The van der Waals surface area contributed by atoms with E-state index in [1.54, 1.807) is 42.4 Å². The lowest BCUT2D eigenvalue weighted by Crippen LogP contribution is -3.00. The number of anilines is 1. The van der Waals surface area contributed by atoms with Gasteiger partial charge in [-0.15, -0.1) is 21.1 Å². The fourth-order valence-corrected chi connectivity index (χ4v) is 6.63. The van der Waals surface area contributed by atoms with Gasteiger partial charge >= 0.3 is 12.1 Å². The molecular formula is C32H36IN5O7S. The van der Waals surface area contributed by atoms with Crippen molar-refractivity contribution < 1.29 is 62.4 Å². The van der Waals surface area contributed by atoms with Crippen LogP contribution in [0.2, 0.25) is 0 Å². The van der Waals surface area contributed by atoms with Crippen LogP contribution in [0, 0.1) is 0 Å². The first-order valence-electron chi connectivity index (χ1n) is 14.5. The first kappa shape index (κ1) is 35.0. The molecule has 3 heterocycles. The molecule has 244 valence electrons. The number of esters is 1. The molecule has 2 aromatic carbocycles. The Labute approximate surface area is 288 Å². The number of carbonyl (C=O) groups is 4. The maximum Gasteiger partial charge on any atom is 0.408 e. The molecular weight excluding hydrogens is 725 g/mol. The summed E-state index contributed by atoms with van der Waals surface area (Å²) in [6.45, 7) is 5.36. The number of halogens is 1. The zero-order chi connectivity index (χ0) is 32.1. The molecule has 12 nitrogen and oxygen atoms in total. The molecule has 2 aliphatic rings. The molecule has 46 heavy (non-hydrogen) atoms. The molecule has 2 aliphatic heterocycles. The Hall–Kier alpha value is -3.89. The van der Waals surface area contributed by atoms with Crippen molar-refractivity contribution in [1.82, 2.24) is 14.9 Å². The average Bonchev–Trinajstić information content (AvgIpc) is 3.39. The van der Waals surface area contributed by atoms with Crippen molar-refractivity contribution in [3.05, 3.63) is 95.3 Å². The van der Waals surface area contributed by atoms with Crippen LogP contribution in [0.15, 0.2) is 84.2 Å². The number of rotatable bonds is 11. The molecule has 1 saturated heterocycles. The summed E-state index contributed by atoms with van der Waals surface area (Å²) >= 11 is 1.41. The summed E-state index contributed by atoms with van der Waals surface area (Å²) in [5.41, 5.74) is 1.47. The lowest BCUT2D eigenvalue weighted by molar-refractivity contribution is -0.767. The van der Waals surface area contributed by atoms with Crippen molar-refractivity contribution in [1.29, 1.82) is 0 Å². The molecule has 3 amide bonds. The van der Waals surface area contributed by atoms with E-state index in [4.69, 9.17) is 9.47 Å². The highest BCUT2D eigenvalue weighted by atomic mass is 127. The van der Waals surface area contributed by atoms with E-state index in [0.29, 0.717) is 23.6 Å². The van der Waals surface area contributed by atoms with Crippen LogP contribution in [0.5, 0.6) is 0 Å². The fraction of sp³-hybridized carbons (Fsp3) is 0.344. The van der Waals surface area contributed by atoms with E-state index in [0.717, 1.165) is 11.1 Å². The van der Waals surface area contributed by atoms with E-state index in [-0.39, 0.29) is 49.4 Å². The second kappa shape index (κ2) is 15.1. The third-order valence-electron chi connectivity index (χ3n) is 7.21. The summed E-state index contributed by atoms with van der Waals surface area (Å²) in [5, 5.41) is 14.4. The number of nitrogens with zero attached hydrogens (tertiary/aromatic N) is 3. The van der Waals surface area contributed by atoms with Crippen molar-refractivity contribution in [2.24, 2.45) is 0 Å². The van der Waals surface area contributed by atoms with Gasteiger partial charge in [0.25, 0.3) is 5.91 Å². The average molecular weight is 762 g/mol. The smallest absolute Gasteiger partial charge is 0.408 e. The quantitative estimate of drug-likeness (QED) is 0.0799. The third kappa shape index (κ3) is 7.73. The minimum Gasteiger partial charge on any atom is -1.00 e. The van der Waals surface area contributed by atoms with Crippen LogP contribution in [-0.4, -0.2) is 68.4 Å². The molecule has 0 radical (unpaired) electrons. The van der Waals surface area contributed by atoms with E-state index >= 15 is 0 Å². The van der Waals surface area contributed by atoms with Gasteiger partial charge in [-0.1, -0.05) is 60.7 Å². The topological polar surface area (TPSA) is 143 Å². The van der Waals surface area contributed by atoms with E-state index in [1.165, 1.54) is 16.7 Å². The van der Waals surface area contributed by atoms with Crippen LogP contribution < -0.4 is 39.3 Å². The van der Waals surface area contributed by atoms with Gasteiger partial charge in [-0.05, 0) is 31.9 Å². The van der Waals surface area contributed by atoms with Gasteiger partial charge in [-0.3, -0.25) is 14.5 Å². The van der Waals surface area contributed by atoms with Crippen LogP contribution in [-0.2, 0) is 36.9 Å². The maximum atomic E-state index is 14.2. The fourth-order valence-electron chi connectivity index (χ4n) is 5.30. The highest BCUT2D eigenvalue weighted by molar-refractivity contribution is 8.00. The summed E-state index contributed by atoms with van der Waals surface area (Å²) in [6.07, 6.45) is 0.792. The lowest BCUT2D eigenvalue weighted by Gasteiger charge is -2.49. The predicted octanol–water partition coefficient (Wildman–Crippen LogP) is -0.264. The van der Waals surface area contributed by atoms with Gasteiger partial charge in [0, 0.05) is 11.3 Å². The zero-order valence-corrected chi connectivity index (χ0v) is 28.6. The molecule has 3 aromatic rings. The number of alkyl carbamates (subject to hydrolysis) is 1. The number of aliphatic hydroxyl groups excluding tert-OH is 1. The molecule has 14 heteroatoms. The summed E-state index contributed by atoms with van der Waals surface area (Å²) in [4.78, 5) is 52.9. The lowest BCUT2D eigenvalue weighted by atomic mass is 10.0. The largest absolute Gasteiger partial charge is 1.00 e. The Morgan fingerprint density at radius 1 is 1.09 bits per heavy atom. The van der Waals surface area contributed by atoms with Crippen LogP contribution in [0.1, 0.15) is 38.0 Å². The van der Waals surface area contributed by atoms with Crippen molar-refractivity contribution >= 4 is 42.0 Å². The molecule has 5 rings (SSSR count). The standard InChI is InChI=1S/C32H35N5O7S.HI/c1-32(2,3)44-31(42)34-25-28(40)37-26(30(41)43-27(21-10-6-4-7-11-21)22-12-8-5-9-13-22)23(19-45-29(25)37)18-35-15-14-24(33-20-39)36(35)16-17-38;/h4-15,20,25,27,29,38H,16-19H2,1-3H3,(H,34,42);1H/t25-,29-;/m1./s1. The van der Waals surface area contributed by atoms with Crippen LogP contribution >= 0.6 is 11.8 Å². The minimum absolute atomic E-state index is 0. The molecule has 1 fully saturated rings. The van der Waals surface area contributed by atoms with Crippen molar-refractivity contribution in [3.63, 3.8) is 0 Å². The van der Waals surface area contributed by atoms with Crippen LogP contribution in [0.25, 0.3) is 0 Å². The van der Waals surface area contributed by atoms with Crippen LogP contribution in [0.4, 0.5) is 10.6 Å². The number of β-lactam (4-membered cyclic amide) rings is 1. The van der Waals surface area contributed by atoms with Crippen molar-refractivity contribution in [2.45, 2.75) is 57.0 Å². The van der Waals surface area contributed by atoms with E-state index in [1.807, 2.05) is 60.7 Å². The number of nitrogens with one attached hydrogen (secondary N) is 2. The number of hydrogen-bond donors (Lipinski definition) is 3. The van der Waals surface area contributed by atoms with Gasteiger partial charge in [0.15, 0.2) is 24.7 Å². The zero-order valence-electron chi connectivity index (χ0n) is 25.6. The summed E-state index contributed by atoms with van der Waals surface area (Å²) in [6, 6.07) is 19.5. The van der Waals surface area contributed by atoms with Gasteiger partial charge in [-0.2, -0.15) is 0 Å². The van der Waals surface area contributed by atoms with Gasteiger partial charge < -0.3 is 49.2 Å². The number of carbonyl (C=O) groups excluding carboxylic acids is 4. The number of benzene rings is 2. The van der Waals surface area contributed by atoms with Crippen molar-refractivity contribution in [2.75, 3.05) is 17.7 Å². The Kier molecular flexibility index (Phi) is 11.5. The van der Waals surface area contributed by atoms with E-state index in [9.17, 15) is 24.3 Å². The monoisotopic (exact) mass is 761 g/mol. The summed E-state index contributed by atoms with van der Waals surface area (Å²) in [5.74, 6) is -0.345. The Morgan fingerprint density at radius 3 is 2.28 bits per heavy atom. The minimum atomic E-state index is -0.887. The number of hydrogen-bond acceptors (Lipinski definition) is 8. The Morgan fingerprint density at radius 2 is 1.72 bits per heavy atom. The molecule has 0 aliphatic carbocycles. The molecule has 0 spiro atoms. The molecule has 3 N–H and O–H groups in total. The molecule has 2 atom stereocenters. The second-order valence-corrected chi connectivity index (χ2v) is 12.6. The normalized spacial score (nSPS) is 17.4. The predicted molar refractivity (Wildman–Crippen MR) is 165 cm³/mol. The number of ether oxygens (including phenoxy) is 2. The first-order chi connectivity index (χ1) is 21.6. The van der Waals surface area contributed by atoms with E-state index in [2.05, 4.69) is 10.6 Å². The highest BCUT2D eigenvalue weighted by Crippen LogP contribution is 2.42. The number of aliphatic hydroxyl groups is 1. The van der Waals surface area contributed by atoms with E-state index < -0.39 is 41.1 Å². The third-order valence-corrected chi connectivity index (χ3v) is 8.55. The second-order valence-electron chi connectivity index (χ2n) is 11.5. The molecule has 0 saturated carbocycles. The summed E-state index contributed by atoms with van der Waals surface area (Å²) < 4.78 is 15.0. The summed E-state index contributed by atoms with van der Waals surface area (Å²) in [7, 11) is 0. The number of thioether (sulfide) groups is 1. The van der Waals surface area contributed by atoms with Gasteiger partial charge in [-0.25, -0.2) is 9.59 Å². The van der Waals surface area contributed by atoms with Gasteiger partial charge in [0.2, 0.25) is 6.41 Å². The number of fused-ring (bicyclic) bond motifs is 1. The number of aromatic nitrogens is 2. The number of amides is 3. The van der Waals surface area contributed by atoms with Gasteiger partial charge in [0.1, 0.15) is 29.3 Å².